The van der Waals surface area contributed by atoms with Crippen LogP contribution in [0.3, 0.4) is 0 Å². The quantitative estimate of drug-likeness (QED) is 0.272. The average Bonchev–Trinajstić information content (AvgIpc) is 0. The van der Waals surface area contributed by atoms with E-state index < -0.39 is 0 Å². The molecule has 12 N–H and O–H groups in total. The molecule has 0 bridgehead atoms. The molecule has 6 nitrogen and oxygen atoms in total. The molecule has 0 aliphatic heterocycles. The van der Waals surface area contributed by atoms with Crippen LogP contribution < -0.4 is 0 Å². The zero-order chi connectivity index (χ0) is 0. The molecule has 0 rings (SSSR count). The molecule has 0 aromatic rings. The van der Waals surface area contributed by atoms with Gasteiger partial charge in [-0.1, -0.05) is 0 Å². The summed E-state index contributed by atoms with van der Waals surface area (Å²) >= 11 is 0. The third kappa shape index (κ3) is 945. The van der Waals surface area contributed by atoms with E-state index in [1.54, 1.807) is 0 Å². The Morgan fingerprint density at radius 3 is 0.286 bits per heavy atom. The first-order valence-corrected chi connectivity index (χ1v) is 0. The minimum Gasteiger partial charge on any atom is -0.412 e. The number of hydrogen-bond donors (Lipinski definition) is 0. The molecule has 7 heteroatoms. The Labute approximate surface area is 52.6 Å². The maximum absolute atomic E-state index is 0. The van der Waals surface area contributed by atoms with Gasteiger partial charge in [0.25, 0.3) is 0 Å². The van der Waals surface area contributed by atoms with Gasteiger partial charge in [0.15, 0.2) is 0 Å². The smallest absolute Gasteiger partial charge is 0 e. The number of rotatable bonds is 0. The molecule has 0 aromatic carbocycles. The molecule has 0 atom stereocenters. The predicted octanol–water partition coefficient (Wildman–Crippen LogP) is -5.33. The molecule has 0 aliphatic rings. The van der Waals surface area contributed by atoms with Crippen molar-refractivity contribution in [3.8, 4) is 0 Å². The second-order valence-corrected chi connectivity index (χ2v) is 0. The molecule has 49 valence electrons. The van der Waals surface area contributed by atoms with E-state index in [0.29, 0.717) is 0 Å². The van der Waals surface area contributed by atoms with Crippen LogP contribution in [0.5, 0.6) is 0 Å². The monoisotopic (exact) mass is 115 g/mol. The van der Waals surface area contributed by atoms with Crippen molar-refractivity contribution in [2.75, 3.05) is 0 Å². The Balaban J connectivity index is 0. The maximum atomic E-state index is 0. The van der Waals surface area contributed by atoms with Crippen molar-refractivity contribution in [1.29, 1.82) is 0 Å². The van der Waals surface area contributed by atoms with Gasteiger partial charge in [-0.3, -0.25) is 0 Å². The van der Waals surface area contributed by atoms with E-state index in [0.717, 1.165) is 0 Å². The molecule has 0 spiro atoms. The first-order valence-electron chi connectivity index (χ1n) is 0. The van der Waals surface area contributed by atoms with Crippen LogP contribution in [0.15, 0.2) is 0 Å². The standard InChI is InChI=1S/Li.6H2O/h;6*1H2. The van der Waals surface area contributed by atoms with Gasteiger partial charge < -0.3 is 32.9 Å². The van der Waals surface area contributed by atoms with E-state index in [9.17, 15) is 0 Å². The van der Waals surface area contributed by atoms with Crippen LogP contribution >= 0.6 is 0 Å². The van der Waals surface area contributed by atoms with Gasteiger partial charge in [-0.25, -0.2) is 0 Å². The van der Waals surface area contributed by atoms with Gasteiger partial charge in [0.05, 0.1) is 0 Å². The molecule has 0 saturated heterocycles. The molecule has 0 amide bonds. The van der Waals surface area contributed by atoms with E-state index in [4.69, 9.17) is 0 Å². The van der Waals surface area contributed by atoms with Crippen LogP contribution in [0, 0.1) is 0 Å². The van der Waals surface area contributed by atoms with Crippen LogP contribution in [-0.2, 0) is 0 Å². The second-order valence-electron chi connectivity index (χ2n) is 0. The Kier molecular flexibility index (Phi) is 475000. The van der Waals surface area contributed by atoms with Gasteiger partial charge in [-0.2, -0.15) is 0 Å². The summed E-state index contributed by atoms with van der Waals surface area (Å²) in [7, 11) is 0. The first-order chi connectivity index (χ1) is 0. The fourth-order valence-electron chi connectivity index (χ4n) is 0. The topological polar surface area (TPSA) is 189 Å². The Morgan fingerprint density at radius 2 is 0.286 bits per heavy atom. The molecule has 0 saturated carbocycles. The summed E-state index contributed by atoms with van der Waals surface area (Å²) in [4.78, 5) is 0. The van der Waals surface area contributed by atoms with Gasteiger partial charge >= 0.3 is 0 Å². The van der Waals surface area contributed by atoms with E-state index in [1.807, 2.05) is 0 Å². The first kappa shape index (κ1) is 2330. The van der Waals surface area contributed by atoms with Crippen molar-refractivity contribution in [3.05, 3.63) is 0 Å². The fraction of sp³-hybridized carbons (Fsp3) is 0. The molecule has 0 fully saturated rings. The van der Waals surface area contributed by atoms with Crippen molar-refractivity contribution in [2.24, 2.45) is 0 Å². The molecule has 0 unspecified atom stereocenters. The van der Waals surface area contributed by atoms with Gasteiger partial charge in [0.1, 0.15) is 0 Å². The van der Waals surface area contributed by atoms with Crippen LogP contribution in [0.25, 0.3) is 0 Å². The summed E-state index contributed by atoms with van der Waals surface area (Å²) in [6.07, 6.45) is 0. The fourth-order valence-corrected chi connectivity index (χ4v) is 0. The summed E-state index contributed by atoms with van der Waals surface area (Å²) in [5.74, 6) is 0. The largest absolute Gasteiger partial charge is 0.412 e. The minimum absolute atomic E-state index is 0. The zero-order valence-corrected chi connectivity index (χ0v) is 4.00. The molecule has 0 aromatic heterocycles. The summed E-state index contributed by atoms with van der Waals surface area (Å²) < 4.78 is 0. The van der Waals surface area contributed by atoms with Gasteiger partial charge in [-0.05, 0) is 0 Å². The molecule has 0 aliphatic carbocycles. The summed E-state index contributed by atoms with van der Waals surface area (Å²) in [6.45, 7) is 0. The van der Waals surface area contributed by atoms with Crippen LogP contribution in [0.1, 0.15) is 0 Å². The zero-order valence-electron chi connectivity index (χ0n) is 4.00. The van der Waals surface area contributed by atoms with Crippen molar-refractivity contribution in [3.63, 3.8) is 0 Å². The molecule has 1 radical (unpaired) electrons. The maximum Gasteiger partial charge on any atom is 0 e. The van der Waals surface area contributed by atoms with E-state index in [2.05, 4.69) is 0 Å². The van der Waals surface area contributed by atoms with Gasteiger partial charge in [0.2, 0.25) is 0 Å². The Hall–Kier alpha value is 0.357. The summed E-state index contributed by atoms with van der Waals surface area (Å²) in [6, 6.07) is 0. The third-order valence-electron chi connectivity index (χ3n) is 0. The second kappa shape index (κ2) is 1430. The van der Waals surface area contributed by atoms with Crippen molar-refractivity contribution in [2.45, 2.75) is 0 Å². The van der Waals surface area contributed by atoms with Crippen molar-refractivity contribution in [1.82, 2.24) is 0 Å². The number of hydrogen-bond acceptors (Lipinski definition) is 0. The Morgan fingerprint density at radius 1 is 0.286 bits per heavy atom. The van der Waals surface area contributed by atoms with Gasteiger partial charge in [0, 0.05) is 18.9 Å². The average molecular weight is 115 g/mol. The molecule has 7 heavy (non-hydrogen) atoms. The van der Waals surface area contributed by atoms with Crippen LogP contribution in [0.2, 0.25) is 0 Å². The molecular weight excluding hydrogens is 103 g/mol. The minimum atomic E-state index is 0. The summed E-state index contributed by atoms with van der Waals surface area (Å²) in [5.41, 5.74) is 0. The third-order valence-corrected chi connectivity index (χ3v) is 0. The molecular formula is H12LiO6. The van der Waals surface area contributed by atoms with Crippen LogP contribution in [0.4, 0.5) is 0 Å². The normalized spacial score (nSPS) is 0. The summed E-state index contributed by atoms with van der Waals surface area (Å²) in [5, 5.41) is 0. The van der Waals surface area contributed by atoms with Crippen molar-refractivity contribution >= 4 is 18.9 Å². The molecule has 0 heterocycles. The van der Waals surface area contributed by atoms with E-state index >= 15 is 0 Å². The van der Waals surface area contributed by atoms with Crippen molar-refractivity contribution < 1.29 is 32.9 Å². The van der Waals surface area contributed by atoms with E-state index in [1.165, 1.54) is 0 Å². The van der Waals surface area contributed by atoms with Crippen LogP contribution in [-0.4, -0.2) is 51.7 Å². The predicted molar refractivity (Wildman–Crippen MR) is 27.4 cm³/mol. The van der Waals surface area contributed by atoms with Gasteiger partial charge in [-0.15, -0.1) is 0 Å². The Bertz CT molecular complexity index is 4.14. The van der Waals surface area contributed by atoms with E-state index in [-0.39, 0.29) is 51.7 Å². The SMILES string of the molecule is O.O.O.O.O.O.[Li].